The molecule has 0 aliphatic rings. The van der Waals surface area contributed by atoms with Crippen LogP contribution in [-0.2, 0) is 32.7 Å². The molecule has 1 N–H and O–H groups in total. The number of hydrogen-bond acceptors (Lipinski definition) is 7. The summed E-state index contributed by atoms with van der Waals surface area (Å²) >= 11 is 0. The van der Waals surface area contributed by atoms with Crippen LogP contribution in [0.4, 0.5) is 0 Å². The molecule has 0 spiro atoms. The third-order valence-electron chi connectivity index (χ3n) is 9.86. The van der Waals surface area contributed by atoms with Gasteiger partial charge in [0.2, 0.25) is 0 Å². The molecule has 8 nitrogen and oxygen atoms in total. The van der Waals surface area contributed by atoms with Crippen LogP contribution in [0.2, 0.25) is 0 Å². The van der Waals surface area contributed by atoms with Gasteiger partial charge < -0.3 is 14.4 Å². The van der Waals surface area contributed by atoms with Crippen molar-refractivity contribution in [1.29, 1.82) is 0 Å². The van der Waals surface area contributed by atoms with Crippen molar-refractivity contribution in [1.82, 2.24) is 0 Å². The maximum Gasteiger partial charge on any atom is 0.472 e. The Bertz CT molecular complexity index is 994. The van der Waals surface area contributed by atoms with Crippen LogP contribution in [0.5, 0.6) is 0 Å². The van der Waals surface area contributed by atoms with Gasteiger partial charge in [0.15, 0.2) is 6.10 Å². The van der Waals surface area contributed by atoms with E-state index in [1.165, 1.54) is 141 Å². The summed E-state index contributed by atoms with van der Waals surface area (Å²) in [5.41, 5.74) is 0. The average molecular weight is 797 g/mol. The van der Waals surface area contributed by atoms with Crippen molar-refractivity contribution in [3.8, 4) is 0 Å². The molecule has 0 saturated heterocycles. The van der Waals surface area contributed by atoms with Gasteiger partial charge in [-0.3, -0.25) is 18.6 Å². The highest BCUT2D eigenvalue weighted by Gasteiger charge is 2.24. The number of phosphoric ester groups is 1. The van der Waals surface area contributed by atoms with Gasteiger partial charge >= 0.3 is 19.8 Å². The number of phosphoric acid groups is 1. The summed E-state index contributed by atoms with van der Waals surface area (Å²) in [6, 6.07) is 0. The smallest absolute Gasteiger partial charge is 0.462 e. The Balaban J connectivity index is 3.97. The van der Waals surface area contributed by atoms with Crippen molar-refractivity contribution >= 4 is 19.8 Å². The van der Waals surface area contributed by atoms with Gasteiger partial charge in [0, 0.05) is 20.0 Å². The molecule has 0 heterocycles. The van der Waals surface area contributed by atoms with Gasteiger partial charge in [-0.2, -0.15) is 0 Å². The molecule has 322 valence electrons. The summed E-state index contributed by atoms with van der Waals surface area (Å²) in [4.78, 5) is 34.5. The molecule has 0 aliphatic heterocycles. The Labute approximate surface area is 338 Å². The molecule has 0 bridgehead atoms. The number of hydrogen-bond donors (Lipinski definition) is 1. The van der Waals surface area contributed by atoms with Crippen LogP contribution in [0, 0.1) is 0 Å². The van der Waals surface area contributed by atoms with Gasteiger partial charge in [-0.15, -0.1) is 0 Å². The van der Waals surface area contributed by atoms with Crippen LogP contribution in [-0.4, -0.2) is 43.3 Å². The highest BCUT2D eigenvalue weighted by molar-refractivity contribution is 7.47. The van der Waals surface area contributed by atoms with Gasteiger partial charge in [0.1, 0.15) is 6.61 Å². The summed E-state index contributed by atoms with van der Waals surface area (Å²) in [6.45, 7) is 3.87. The van der Waals surface area contributed by atoms with Crippen molar-refractivity contribution in [2.75, 3.05) is 20.3 Å². The number of esters is 2. The number of unbranched alkanes of at least 4 members (excludes halogenated alkanes) is 25. The number of rotatable bonds is 42. The number of allylic oxidation sites excluding steroid dienone is 6. The van der Waals surface area contributed by atoms with Crippen LogP contribution >= 0.6 is 7.82 Å². The summed E-state index contributed by atoms with van der Waals surface area (Å²) in [7, 11) is -3.20. The van der Waals surface area contributed by atoms with Gasteiger partial charge in [0.05, 0.1) is 6.61 Å². The van der Waals surface area contributed by atoms with Crippen molar-refractivity contribution in [3.63, 3.8) is 0 Å². The lowest BCUT2D eigenvalue weighted by Gasteiger charge is -2.19. The van der Waals surface area contributed by atoms with Gasteiger partial charge in [-0.25, -0.2) is 4.57 Å². The zero-order valence-electron chi connectivity index (χ0n) is 35.8. The molecular formula is C46H85O8P. The van der Waals surface area contributed by atoms with Crippen molar-refractivity contribution < 1.29 is 37.6 Å². The molecule has 0 amide bonds. The first kappa shape index (κ1) is 53.3. The lowest BCUT2D eigenvalue weighted by Crippen LogP contribution is -2.29. The maximum atomic E-state index is 12.5. The predicted molar refractivity (Wildman–Crippen MR) is 230 cm³/mol. The lowest BCUT2D eigenvalue weighted by atomic mass is 10.1. The third-order valence-corrected chi connectivity index (χ3v) is 10.8. The highest BCUT2D eigenvalue weighted by atomic mass is 31.2. The second kappa shape index (κ2) is 41.9. The fraction of sp³-hybridized carbons (Fsp3) is 0.826. The van der Waals surface area contributed by atoms with Crippen LogP contribution in [0.15, 0.2) is 36.5 Å². The molecule has 2 atom stereocenters. The maximum absolute atomic E-state index is 12.5. The normalized spacial score (nSPS) is 13.6. The standard InChI is InChI=1S/C46H85O8P/c1-4-6-8-10-12-14-16-18-20-22-23-25-27-29-31-33-35-37-39-41-46(48)54-44(43-53-55(49,50)51-3)42-52-45(47)40-38-36-34-32-30-28-26-24-21-19-17-15-13-11-9-7-5-2/h12,14,18-21,44H,4-11,13,15-17,22-43H2,1-3H3,(H,49,50)/b14-12-,20-18-,21-19-. The van der Waals surface area contributed by atoms with E-state index in [9.17, 15) is 19.0 Å². The largest absolute Gasteiger partial charge is 0.472 e. The first-order valence-corrected chi connectivity index (χ1v) is 24.2. The van der Waals surface area contributed by atoms with Crippen molar-refractivity contribution in [3.05, 3.63) is 36.5 Å². The Morgan fingerprint density at radius 3 is 1.33 bits per heavy atom. The first-order valence-electron chi connectivity index (χ1n) is 22.7. The summed E-state index contributed by atoms with van der Waals surface area (Å²) in [6.07, 6.45) is 49.0. The highest BCUT2D eigenvalue weighted by Crippen LogP contribution is 2.42. The van der Waals surface area contributed by atoms with Crippen LogP contribution in [0.3, 0.4) is 0 Å². The van der Waals surface area contributed by atoms with E-state index in [0.29, 0.717) is 6.42 Å². The van der Waals surface area contributed by atoms with E-state index in [4.69, 9.17) is 14.0 Å². The molecule has 0 aliphatic carbocycles. The molecule has 0 rings (SSSR count). The SMILES string of the molecule is CCCCC/C=C\C/C=C\CCCCCCCCCCCC(=O)OC(COC(=O)CCCCCCCCC/C=C\CCCCCCCC)COP(=O)(O)OC. The van der Waals surface area contributed by atoms with E-state index in [0.717, 1.165) is 52.1 Å². The first-order chi connectivity index (χ1) is 26.8. The van der Waals surface area contributed by atoms with Crippen LogP contribution < -0.4 is 0 Å². The van der Waals surface area contributed by atoms with Gasteiger partial charge in [0.25, 0.3) is 0 Å². The minimum Gasteiger partial charge on any atom is -0.462 e. The molecule has 0 radical (unpaired) electrons. The molecule has 0 fully saturated rings. The molecule has 55 heavy (non-hydrogen) atoms. The van der Waals surface area contributed by atoms with E-state index < -0.39 is 26.5 Å². The Morgan fingerprint density at radius 1 is 0.509 bits per heavy atom. The Hall–Kier alpha value is -1.73. The van der Waals surface area contributed by atoms with E-state index in [-0.39, 0.29) is 25.4 Å². The van der Waals surface area contributed by atoms with Gasteiger partial charge in [-0.1, -0.05) is 172 Å². The monoisotopic (exact) mass is 797 g/mol. The summed E-state index contributed by atoms with van der Waals surface area (Å²) < 4.78 is 32.0. The zero-order valence-corrected chi connectivity index (χ0v) is 36.7. The fourth-order valence-corrected chi connectivity index (χ4v) is 6.79. The zero-order chi connectivity index (χ0) is 40.3. The van der Waals surface area contributed by atoms with E-state index >= 15 is 0 Å². The van der Waals surface area contributed by atoms with Crippen LogP contribution in [0.1, 0.15) is 219 Å². The average Bonchev–Trinajstić information content (AvgIpc) is 3.18. The van der Waals surface area contributed by atoms with Crippen molar-refractivity contribution in [2.24, 2.45) is 0 Å². The van der Waals surface area contributed by atoms with E-state index in [2.05, 4.69) is 54.8 Å². The minimum atomic E-state index is -4.26. The molecule has 0 saturated carbocycles. The molecule has 0 aromatic heterocycles. The lowest BCUT2D eigenvalue weighted by molar-refractivity contribution is -0.161. The topological polar surface area (TPSA) is 108 Å². The second-order valence-electron chi connectivity index (χ2n) is 15.2. The number of carbonyl (C=O) groups excluding carboxylic acids is 2. The molecule has 0 aromatic carbocycles. The van der Waals surface area contributed by atoms with Crippen LogP contribution in [0.25, 0.3) is 0 Å². The Morgan fingerprint density at radius 2 is 0.873 bits per heavy atom. The summed E-state index contributed by atoms with van der Waals surface area (Å²) in [5.74, 6) is -0.808. The summed E-state index contributed by atoms with van der Waals surface area (Å²) in [5, 5.41) is 0. The third kappa shape index (κ3) is 41.7. The molecular weight excluding hydrogens is 711 g/mol. The minimum absolute atomic E-state index is 0.228. The van der Waals surface area contributed by atoms with Gasteiger partial charge in [-0.05, 0) is 70.6 Å². The fourth-order valence-electron chi connectivity index (χ4n) is 6.33. The molecule has 0 aromatic rings. The van der Waals surface area contributed by atoms with Crippen molar-refractivity contribution in [2.45, 2.75) is 225 Å². The number of carbonyl (C=O) groups is 2. The van der Waals surface area contributed by atoms with E-state index in [1.54, 1.807) is 0 Å². The quantitative estimate of drug-likeness (QED) is 0.0281. The Kier molecular flexibility index (Phi) is 40.6. The number of ether oxygens (including phenoxy) is 2. The predicted octanol–water partition coefficient (Wildman–Crippen LogP) is 14.4. The second-order valence-corrected chi connectivity index (χ2v) is 16.7. The molecule has 2 unspecified atom stereocenters. The molecule has 9 heteroatoms. The van der Waals surface area contributed by atoms with E-state index in [1.807, 2.05) is 0 Å².